The Balaban J connectivity index is 1.95. The van der Waals surface area contributed by atoms with Crippen LogP contribution in [0.5, 0.6) is 0 Å². The van der Waals surface area contributed by atoms with Crippen molar-refractivity contribution >= 4 is 7.82 Å². The van der Waals surface area contributed by atoms with Gasteiger partial charge >= 0.3 is 7.82 Å². The van der Waals surface area contributed by atoms with Gasteiger partial charge in [0, 0.05) is 7.11 Å². The van der Waals surface area contributed by atoms with Crippen LogP contribution in [0, 0.1) is 0 Å². The summed E-state index contributed by atoms with van der Waals surface area (Å²) in [7, 11) is -2.25. The van der Waals surface area contributed by atoms with E-state index in [1.54, 1.807) is 0 Å². The second-order valence-corrected chi connectivity index (χ2v) is 6.17. The van der Waals surface area contributed by atoms with E-state index in [9.17, 15) is 4.57 Å². The molecule has 118 valence electrons. The van der Waals surface area contributed by atoms with E-state index in [4.69, 9.17) is 18.3 Å². The van der Waals surface area contributed by atoms with Crippen LogP contribution in [0.4, 0.5) is 0 Å². The first-order valence-electron chi connectivity index (χ1n) is 6.82. The van der Waals surface area contributed by atoms with Gasteiger partial charge in [0.15, 0.2) is 6.79 Å². The van der Waals surface area contributed by atoms with Gasteiger partial charge in [-0.2, -0.15) is 0 Å². The SMILES string of the molecule is COCOP(=O)(OCc1ccccc1)OCc1ccccc1. The van der Waals surface area contributed by atoms with Crippen molar-refractivity contribution in [1.29, 1.82) is 0 Å². The largest absolute Gasteiger partial charge is 0.477 e. The van der Waals surface area contributed by atoms with Crippen LogP contribution in [0.3, 0.4) is 0 Å². The summed E-state index contributed by atoms with van der Waals surface area (Å²) in [4.78, 5) is 0. The van der Waals surface area contributed by atoms with Crippen molar-refractivity contribution in [2.75, 3.05) is 13.9 Å². The van der Waals surface area contributed by atoms with Gasteiger partial charge in [0.25, 0.3) is 0 Å². The van der Waals surface area contributed by atoms with Gasteiger partial charge in [-0.05, 0) is 11.1 Å². The van der Waals surface area contributed by atoms with E-state index in [-0.39, 0.29) is 20.0 Å². The van der Waals surface area contributed by atoms with Gasteiger partial charge in [-0.25, -0.2) is 4.57 Å². The lowest BCUT2D eigenvalue weighted by Gasteiger charge is -2.17. The number of phosphoric acid groups is 1. The topological polar surface area (TPSA) is 54.0 Å². The first-order chi connectivity index (χ1) is 10.7. The molecule has 2 aromatic carbocycles. The fourth-order valence-electron chi connectivity index (χ4n) is 1.68. The van der Waals surface area contributed by atoms with Crippen molar-refractivity contribution < 1.29 is 22.9 Å². The van der Waals surface area contributed by atoms with Crippen molar-refractivity contribution in [3.63, 3.8) is 0 Å². The summed E-state index contributed by atoms with van der Waals surface area (Å²) in [5.41, 5.74) is 1.76. The molecule has 0 bridgehead atoms. The summed E-state index contributed by atoms with van der Waals surface area (Å²) in [6.07, 6.45) is 0. The lowest BCUT2D eigenvalue weighted by atomic mass is 10.2. The molecule has 2 rings (SSSR count). The number of hydrogen-bond acceptors (Lipinski definition) is 5. The van der Waals surface area contributed by atoms with Crippen molar-refractivity contribution in [3.8, 4) is 0 Å². The Morgan fingerprint density at radius 2 is 1.23 bits per heavy atom. The Kier molecular flexibility index (Phi) is 6.77. The quantitative estimate of drug-likeness (QED) is 0.513. The highest BCUT2D eigenvalue weighted by Crippen LogP contribution is 2.50. The molecule has 0 unspecified atom stereocenters. The van der Waals surface area contributed by atoms with Gasteiger partial charge in [0.05, 0.1) is 13.2 Å². The highest BCUT2D eigenvalue weighted by Gasteiger charge is 2.27. The van der Waals surface area contributed by atoms with Crippen LogP contribution in [0.15, 0.2) is 60.7 Å². The minimum atomic E-state index is -3.69. The second kappa shape index (κ2) is 8.83. The molecule has 6 heteroatoms. The highest BCUT2D eigenvalue weighted by molar-refractivity contribution is 7.48. The molecule has 0 heterocycles. The van der Waals surface area contributed by atoms with Crippen LogP contribution in [0.2, 0.25) is 0 Å². The standard InChI is InChI=1S/C16H19O5P/c1-18-14-21-22(17,19-12-15-8-4-2-5-9-15)20-13-16-10-6-3-7-11-16/h2-11H,12-14H2,1H3. The van der Waals surface area contributed by atoms with E-state index in [2.05, 4.69) is 0 Å². The molecule has 0 N–H and O–H groups in total. The second-order valence-electron chi connectivity index (χ2n) is 4.50. The summed E-state index contributed by atoms with van der Waals surface area (Å²) in [6.45, 7) is 0.105. The minimum absolute atomic E-state index is 0.136. The number of rotatable bonds is 9. The van der Waals surface area contributed by atoms with Crippen molar-refractivity contribution in [1.82, 2.24) is 0 Å². The molecule has 0 radical (unpaired) electrons. The smallest absolute Gasteiger partial charge is 0.358 e. The van der Waals surface area contributed by atoms with E-state index in [0.717, 1.165) is 11.1 Å². The van der Waals surface area contributed by atoms with Gasteiger partial charge in [0.1, 0.15) is 0 Å². The molecule has 0 aliphatic carbocycles. The van der Waals surface area contributed by atoms with Crippen LogP contribution in [-0.2, 0) is 36.1 Å². The summed E-state index contributed by atoms with van der Waals surface area (Å²) in [5, 5.41) is 0. The van der Waals surface area contributed by atoms with Crippen molar-refractivity contribution in [2.24, 2.45) is 0 Å². The number of phosphoric ester groups is 1. The average Bonchev–Trinajstić information content (AvgIpc) is 2.59. The average molecular weight is 322 g/mol. The molecule has 0 saturated carbocycles. The molecule has 5 nitrogen and oxygen atoms in total. The van der Waals surface area contributed by atoms with Gasteiger partial charge < -0.3 is 4.74 Å². The van der Waals surface area contributed by atoms with E-state index in [1.165, 1.54) is 7.11 Å². The Morgan fingerprint density at radius 1 is 0.773 bits per heavy atom. The maximum Gasteiger partial charge on any atom is 0.477 e. The van der Waals surface area contributed by atoms with Crippen LogP contribution in [0.1, 0.15) is 11.1 Å². The molecule has 0 spiro atoms. The molecule has 0 amide bonds. The predicted molar refractivity (Wildman–Crippen MR) is 83.0 cm³/mol. The highest BCUT2D eigenvalue weighted by atomic mass is 31.2. The lowest BCUT2D eigenvalue weighted by Crippen LogP contribution is -2.03. The molecule has 0 aliphatic heterocycles. The number of ether oxygens (including phenoxy) is 1. The normalized spacial score (nSPS) is 11.5. The van der Waals surface area contributed by atoms with E-state index >= 15 is 0 Å². The Morgan fingerprint density at radius 3 is 1.64 bits per heavy atom. The summed E-state index contributed by atoms with van der Waals surface area (Å²) >= 11 is 0. The summed E-state index contributed by atoms with van der Waals surface area (Å²) in [5.74, 6) is 0. The fraction of sp³-hybridized carbons (Fsp3) is 0.250. The first kappa shape index (κ1) is 16.9. The van der Waals surface area contributed by atoms with Crippen molar-refractivity contribution in [3.05, 3.63) is 71.8 Å². The molecule has 0 aromatic heterocycles. The zero-order valence-corrected chi connectivity index (χ0v) is 13.3. The van der Waals surface area contributed by atoms with Crippen LogP contribution in [-0.4, -0.2) is 13.9 Å². The number of hydrogen-bond donors (Lipinski definition) is 0. The minimum Gasteiger partial charge on any atom is -0.358 e. The molecule has 0 atom stereocenters. The van der Waals surface area contributed by atoms with E-state index < -0.39 is 7.82 Å². The first-order valence-corrected chi connectivity index (χ1v) is 8.28. The Labute approximate surface area is 130 Å². The van der Waals surface area contributed by atoms with Crippen LogP contribution < -0.4 is 0 Å². The molecule has 0 fully saturated rings. The summed E-state index contributed by atoms with van der Waals surface area (Å²) < 4.78 is 33.2. The third kappa shape index (κ3) is 5.72. The predicted octanol–water partition coefficient (Wildman–Crippen LogP) is 4.15. The van der Waals surface area contributed by atoms with Crippen LogP contribution in [0.25, 0.3) is 0 Å². The van der Waals surface area contributed by atoms with Gasteiger partial charge in [-0.15, -0.1) is 0 Å². The number of benzene rings is 2. The molecule has 0 saturated heterocycles. The van der Waals surface area contributed by atoms with Gasteiger partial charge in [0.2, 0.25) is 0 Å². The maximum atomic E-state index is 12.6. The molecule has 0 aliphatic rings. The van der Waals surface area contributed by atoms with Gasteiger partial charge in [-0.1, -0.05) is 60.7 Å². The summed E-state index contributed by atoms with van der Waals surface area (Å²) in [6, 6.07) is 18.8. The fourth-order valence-corrected chi connectivity index (χ4v) is 2.76. The lowest BCUT2D eigenvalue weighted by molar-refractivity contribution is 0.00625. The van der Waals surface area contributed by atoms with Gasteiger partial charge in [-0.3, -0.25) is 13.6 Å². The monoisotopic (exact) mass is 322 g/mol. The third-order valence-electron chi connectivity index (χ3n) is 2.79. The third-order valence-corrected chi connectivity index (χ3v) is 4.11. The molecular weight excluding hydrogens is 303 g/mol. The molecular formula is C16H19O5P. The van der Waals surface area contributed by atoms with Crippen molar-refractivity contribution in [2.45, 2.75) is 13.2 Å². The molecule has 2 aromatic rings. The number of methoxy groups -OCH3 is 1. The van der Waals surface area contributed by atoms with Crippen LogP contribution >= 0.6 is 7.82 Å². The molecule has 22 heavy (non-hydrogen) atoms. The maximum absolute atomic E-state index is 12.6. The van der Waals surface area contributed by atoms with E-state index in [1.807, 2.05) is 60.7 Å². The Hall–Kier alpha value is -1.49. The zero-order valence-electron chi connectivity index (χ0n) is 12.4. The Bertz CT molecular complexity index is 540. The zero-order chi connectivity index (χ0) is 15.7. The van der Waals surface area contributed by atoms with E-state index in [0.29, 0.717) is 0 Å².